The van der Waals surface area contributed by atoms with Crippen LogP contribution in [0.15, 0.2) is 84.9 Å². The number of hydrogen-bond acceptors (Lipinski definition) is 7. The molecule has 1 atom stereocenters. The van der Waals surface area contributed by atoms with E-state index in [1.165, 1.54) is 16.8 Å². The van der Waals surface area contributed by atoms with E-state index in [1.807, 2.05) is 48.5 Å². The molecule has 1 aromatic heterocycles. The Labute approximate surface area is 182 Å². The molecule has 3 aromatic carbocycles. The van der Waals surface area contributed by atoms with Crippen LogP contribution < -0.4 is 10.5 Å². The number of benzene rings is 3. The standard InChI is InChI=1S/C23H21N5O3/c24-21(22(29)30-16-18-7-3-1-4-8-18)15-17-11-13-20(14-12-17)31-23-25-26-27-28(23)19-9-5-2-6-10-19/h1-14,21H,15-16,24H2/t21-/m0/s1/i13D,14D. The molecule has 8 heteroatoms. The van der Waals surface area contributed by atoms with Crippen molar-refractivity contribution >= 4 is 5.97 Å². The largest absolute Gasteiger partial charge is 0.460 e. The Kier molecular flexibility index (Phi) is 5.53. The second-order valence-corrected chi connectivity index (χ2v) is 6.70. The van der Waals surface area contributed by atoms with E-state index < -0.39 is 12.0 Å². The monoisotopic (exact) mass is 417 g/mol. The molecule has 2 N–H and O–H groups in total. The normalized spacial score (nSPS) is 12.5. The Bertz CT molecular complexity index is 1210. The van der Waals surface area contributed by atoms with Gasteiger partial charge in [-0.05, 0) is 52.2 Å². The van der Waals surface area contributed by atoms with Crippen molar-refractivity contribution in [3.05, 3.63) is 96.0 Å². The van der Waals surface area contributed by atoms with E-state index in [-0.39, 0.29) is 36.9 Å². The Morgan fingerprint density at radius 1 is 1.00 bits per heavy atom. The molecule has 0 radical (unpaired) electrons. The summed E-state index contributed by atoms with van der Waals surface area (Å²) in [6.07, 6.45) is 0.118. The van der Waals surface area contributed by atoms with Crippen molar-refractivity contribution in [1.82, 2.24) is 20.2 Å². The highest BCUT2D eigenvalue weighted by molar-refractivity contribution is 5.75. The number of para-hydroxylation sites is 1. The van der Waals surface area contributed by atoms with E-state index in [0.717, 1.165) is 5.56 Å². The lowest BCUT2D eigenvalue weighted by molar-refractivity contribution is -0.146. The van der Waals surface area contributed by atoms with Crippen LogP contribution in [0.1, 0.15) is 13.9 Å². The fraction of sp³-hybridized carbons (Fsp3) is 0.130. The third kappa shape index (κ3) is 5.31. The molecule has 4 aromatic rings. The SMILES string of the molecule is [2H]c1cc(C[C@H](N)C(=O)OCc2ccccc2)cc([2H])c1Oc1nnnn1-c1ccccc1. The van der Waals surface area contributed by atoms with Crippen LogP contribution in [0.3, 0.4) is 0 Å². The number of ether oxygens (including phenoxy) is 2. The summed E-state index contributed by atoms with van der Waals surface area (Å²) in [5.74, 6) is -0.565. The molecule has 0 unspecified atom stereocenters. The highest BCUT2D eigenvalue weighted by Gasteiger charge is 2.16. The van der Waals surface area contributed by atoms with Crippen molar-refractivity contribution in [3.63, 3.8) is 0 Å². The van der Waals surface area contributed by atoms with Crippen LogP contribution in [0.25, 0.3) is 5.69 Å². The van der Waals surface area contributed by atoms with Gasteiger partial charge in [0.05, 0.1) is 8.43 Å². The van der Waals surface area contributed by atoms with Gasteiger partial charge in [-0.25, -0.2) is 0 Å². The smallest absolute Gasteiger partial charge is 0.345 e. The van der Waals surface area contributed by atoms with E-state index in [1.54, 1.807) is 12.1 Å². The fourth-order valence-electron chi connectivity index (χ4n) is 2.81. The molecule has 0 aliphatic carbocycles. The minimum absolute atomic E-state index is 0.00837. The van der Waals surface area contributed by atoms with E-state index in [2.05, 4.69) is 15.5 Å². The van der Waals surface area contributed by atoms with Crippen LogP contribution >= 0.6 is 0 Å². The van der Waals surface area contributed by atoms with Gasteiger partial charge >= 0.3 is 12.0 Å². The van der Waals surface area contributed by atoms with Crippen molar-refractivity contribution < 1.29 is 17.0 Å². The Morgan fingerprint density at radius 2 is 1.68 bits per heavy atom. The quantitative estimate of drug-likeness (QED) is 0.439. The van der Waals surface area contributed by atoms with Gasteiger partial charge in [-0.15, -0.1) is 0 Å². The molecule has 31 heavy (non-hydrogen) atoms. The van der Waals surface area contributed by atoms with Gasteiger partial charge in [-0.3, -0.25) is 4.79 Å². The van der Waals surface area contributed by atoms with Crippen LogP contribution in [0.2, 0.25) is 0 Å². The number of carbonyl (C=O) groups excluding carboxylic acids is 1. The van der Waals surface area contributed by atoms with Gasteiger partial charge in [0, 0.05) is 0 Å². The zero-order valence-electron chi connectivity index (χ0n) is 18.5. The highest BCUT2D eigenvalue weighted by atomic mass is 16.5. The molecule has 0 aliphatic rings. The third-order valence-electron chi connectivity index (χ3n) is 4.39. The molecule has 0 bridgehead atoms. The van der Waals surface area contributed by atoms with Gasteiger partial charge < -0.3 is 15.2 Å². The van der Waals surface area contributed by atoms with Gasteiger partial charge in [-0.1, -0.05) is 65.8 Å². The topological polar surface area (TPSA) is 105 Å². The minimum Gasteiger partial charge on any atom is -0.460 e. The molecule has 0 fully saturated rings. The van der Waals surface area contributed by atoms with E-state index in [4.69, 9.17) is 17.9 Å². The van der Waals surface area contributed by atoms with Crippen molar-refractivity contribution in [3.8, 4) is 17.4 Å². The maximum absolute atomic E-state index is 12.3. The second-order valence-electron chi connectivity index (χ2n) is 6.70. The molecule has 0 saturated carbocycles. The zero-order chi connectivity index (χ0) is 23.2. The van der Waals surface area contributed by atoms with Crippen molar-refractivity contribution in [1.29, 1.82) is 0 Å². The first-order valence-electron chi connectivity index (χ1n) is 10.6. The molecule has 0 amide bonds. The fourth-order valence-corrected chi connectivity index (χ4v) is 2.81. The number of nitrogens with two attached hydrogens (primary N) is 1. The summed E-state index contributed by atoms with van der Waals surface area (Å²) in [6, 6.07) is 20.4. The molecule has 0 saturated heterocycles. The lowest BCUT2D eigenvalue weighted by atomic mass is 10.1. The average Bonchev–Trinajstić information content (AvgIpc) is 3.29. The predicted octanol–water partition coefficient (Wildman–Crippen LogP) is 3.07. The van der Waals surface area contributed by atoms with E-state index in [0.29, 0.717) is 11.3 Å². The Balaban J connectivity index is 1.43. The van der Waals surface area contributed by atoms with Crippen molar-refractivity contribution in [2.45, 2.75) is 19.1 Å². The van der Waals surface area contributed by atoms with E-state index >= 15 is 0 Å². The molecule has 156 valence electrons. The summed E-state index contributed by atoms with van der Waals surface area (Å²) in [6.45, 7) is 0.129. The number of aromatic nitrogens is 4. The summed E-state index contributed by atoms with van der Waals surface area (Å²) >= 11 is 0. The van der Waals surface area contributed by atoms with Crippen molar-refractivity contribution in [2.24, 2.45) is 5.73 Å². The number of tetrazole rings is 1. The van der Waals surface area contributed by atoms with Crippen LogP contribution in [0, 0.1) is 0 Å². The van der Waals surface area contributed by atoms with Crippen molar-refractivity contribution in [2.75, 3.05) is 0 Å². The Morgan fingerprint density at radius 3 is 2.39 bits per heavy atom. The summed E-state index contributed by atoms with van der Waals surface area (Å²) in [7, 11) is 0. The number of esters is 1. The van der Waals surface area contributed by atoms with Gasteiger partial charge in [0.2, 0.25) is 0 Å². The first-order chi connectivity index (χ1) is 16.0. The van der Waals surface area contributed by atoms with Gasteiger partial charge in [0.1, 0.15) is 18.4 Å². The van der Waals surface area contributed by atoms with Gasteiger partial charge in [-0.2, -0.15) is 4.68 Å². The number of hydrogen-bond donors (Lipinski definition) is 1. The molecular weight excluding hydrogens is 394 g/mol. The predicted molar refractivity (Wildman–Crippen MR) is 114 cm³/mol. The van der Waals surface area contributed by atoms with Gasteiger partial charge in [0.15, 0.2) is 0 Å². The van der Waals surface area contributed by atoms with Crippen LogP contribution in [-0.2, 0) is 22.6 Å². The first kappa shape index (κ1) is 17.8. The summed E-state index contributed by atoms with van der Waals surface area (Å²) in [4.78, 5) is 12.3. The molecule has 0 spiro atoms. The molecule has 8 nitrogen and oxygen atoms in total. The summed E-state index contributed by atoms with van der Waals surface area (Å²) < 4.78 is 28.9. The lowest BCUT2D eigenvalue weighted by Gasteiger charge is -2.12. The summed E-state index contributed by atoms with van der Waals surface area (Å²) in [5, 5.41) is 11.4. The second kappa shape index (κ2) is 9.64. The van der Waals surface area contributed by atoms with E-state index in [9.17, 15) is 4.79 Å². The van der Waals surface area contributed by atoms with Crippen LogP contribution in [-0.4, -0.2) is 32.2 Å². The summed E-state index contributed by atoms with van der Waals surface area (Å²) in [5.41, 5.74) is 8.07. The number of carbonyl (C=O) groups is 1. The lowest BCUT2D eigenvalue weighted by Crippen LogP contribution is -2.34. The third-order valence-corrected chi connectivity index (χ3v) is 4.39. The number of rotatable bonds is 8. The van der Waals surface area contributed by atoms with Gasteiger partial charge in [0.25, 0.3) is 0 Å². The molecule has 4 rings (SSSR count). The maximum atomic E-state index is 12.3. The molecule has 0 aliphatic heterocycles. The zero-order valence-corrected chi connectivity index (χ0v) is 16.5. The molecule has 1 heterocycles. The average molecular weight is 417 g/mol. The Hall–Kier alpha value is -4.04. The number of nitrogens with zero attached hydrogens (tertiary/aromatic N) is 4. The highest BCUT2D eigenvalue weighted by Crippen LogP contribution is 2.21. The maximum Gasteiger partial charge on any atom is 0.345 e. The van der Waals surface area contributed by atoms with Crippen LogP contribution in [0.4, 0.5) is 0 Å². The minimum atomic E-state index is -0.926. The van der Waals surface area contributed by atoms with Crippen LogP contribution in [0.5, 0.6) is 11.8 Å². The first-order valence-corrected chi connectivity index (χ1v) is 9.59. The molecular formula is C23H21N5O3.